The van der Waals surface area contributed by atoms with Gasteiger partial charge in [-0.1, -0.05) is 12.1 Å². The van der Waals surface area contributed by atoms with Crippen LogP contribution >= 0.6 is 0 Å². The maximum absolute atomic E-state index is 11.6. The first-order valence-corrected chi connectivity index (χ1v) is 6.44. The molecule has 2 aromatic heterocycles. The molecule has 0 atom stereocenters. The molecule has 102 valence electrons. The number of rotatable bonds is 3. The number of nitrogens with zero attached hydrogens (tertiary/aromatic N) is 4. The van der Waals surface area contributed by atoms with Crippen molar-refractivity contribution in [3.63, 3.8) is 0 Å². The van der Waals surface area contributed by atoms with Gasteiger partial charge >= 0.3 is 5.97 Å². The summed E-state index contributed by atoms with van der Waals surface area (Å²) in [5.41, 5.74) is 3.67. The number of aryl methyl sites for hydroxylation is 1. The van der Waals surface area contributed by atoms with Gasteiger partial charge in [-0.3, -0.25) is 4.79 Å². The van der Waals surface area contributed by atoms with Crippen molar-refractivity contribution in [2.45, 2.75) is 20.4 Å². The summed E-state index contributed by atoms with van der Waals surface area (Å²) in [5.74, 6) is -0.327. The van der Waals surface area contributed by atoms with Crippen molar-refractivity contribution in [3.8, 4) is 0 Å². The van der Waals surface area contributed by atoms with E-state index in [9.17, 15) is 4.79 Å². The summed E-state index contributed by atoms with van der Waals surface area (Å²) in [6, 6.07) is 7.62. The van der Waals surface area contributed by atoms with Crippen LogP contribution in [0.25, 0.3) is 22.2 Å². The fourth-order valence-electron chi connectivity index (χ4n) is 2.13. The molecule has 0 saturated carbocycles. The van der Waals surface area contributed by atoms with Crippen molar-refractivity contribution in [2.24, 2.45) is 0 Å². The molecule has 0 aliphatic rings. The molecule has 0 spiro atoms. The Labute approximate surface area is 115 Å². The number of para-hydroxylation sites is 2. The summed E-state index contributed by atoms with van der Waals surface area (Å²) in [6.45, 7) is 4.03. The van der Waals surface area contributed by atoms with Crippen LogP contribution in [-0.2, 0) is 16.1 Å². The number of esters is 1. The highest BCUT2D eigenvalue weighted by atomic mass is 16.5. The van der Waals surface area contributed by atoms with Crippen LogP contribution < -0.4 is 0 Å². The van der Waals surface area contributed by atoms with Gasteiger partial charge in [-0.25, -0.2) is 14.6 Å². The van der Waals surface area contributed by atoms with Gasteiger partial charge in [0.15, 0.2) is 5.65 Å². The molecule has 0 aliphatic heterocycles. The lowest BCUT2D eigenvalue weighted by molar-refractivity contribution is -0.143. The van der Waals surface area contributed by atoms with Crippen molar-refractivity contribution in [2.75, 3.05) is 6.61 Å². The van der Waals surface area contributed by atoms with Crippen molar-refractivity contribution < 1.29 is 9.53 Å². The number of carbonyl (C=O) groups excluding carboxylic acids is 1. The van der Waals surface area contributed by atoms with Gasteiger partial charge in [0.25, 0.3) is 0 Å². The Morgan fingerprint density at radius 1 is 1.25 bits per heavy atom. The summed E-state index contributed by atoms with van der Waals surface area (Å²) < 4.78 is 6.49. The predicted molar refractivity (Wildman–Crippen MR) is 74.2 cm³/mol. The Hall–Kier alpha value is -2.50. The Balaban J connectivity index is 2.13. The van der Waals surface area contributed by atoms with Gasteiger partial charge < -0.3 is 4.74 Å². The predicted octanol–water partition coefficient (Wildman–Crippen LogP) is 1.85. The lowest BCUT2D eigenvalue weighted by Crippen LogP contribution is -2.14. The monoisotopic (exact) mass is 270 g/mol. The van der Waals surface area contributed by atoms with E-state index in [2.05, 4.69) is 15.1 Å². The molecule has 0 radical (unpaired) electrons. The zero-order chi connectivity index (χ0) is 14.1. The molecule has 3 rings (SSSR count). The number of benzene rings is 1. The molecule has 20 heavy (non-hydrogen) atoms. The van der Waals surface area contributed by atoms with Gasteiger partial charge in [0.2, 0.25) is 0 Å². The Bertz CT molecular complexity index is 794. The van der Waals surface area contributed by atoms with Crippen LogP contribution in [0.5, 0.6) is 0 Å². The summed E-state index contributed by atoms with van der Waals surface area (Å²) in [6.07, 6.45) is 0. The smallest absolute Gasteiger partial charge is 0.327 e. The third-order valence-electron chi connectivity index (χ3n) is 2.99. The SMILES string of the molecule is CCOC(=O)Cn1nc(C)c2nc3ccccc3nc21. The summed E-state index contributed by atoms with van der Waals surface area (Å²) in [4.78, 5) is 20.7. The molecule has 0 fully saturated rings. The first-order valence-electron chi connectivity index (χ1n) is 6.44. The van der Waals surface area contributed by atoms with E-state index in [0.29, 0.717) is 17.8 Å². The fourth-order valence-corrected chi connectivity index (χ4v) is 2.13. The van der Waals surface area contributed by atoms with Crippen LogP contribution in [0.4, 0.5) is 0 Å². The number of aromatic nitrogens is 4. The zero-order valence-electron chi connectivity index (χ0n) is 11.3. The van der Waals surface area contributed by atoms with Gasteiger partial charge in [0.05, 0.1) is 23.3 Å². The van der Waals surface area contributed by atoms with Gasteiger partial charge in [0, 0.05) is 0 Å². The molecular weight excluding hydrogens is 256 g/mol. The third kappa shape index (κ3) is 2.09. The highest BCUT2D eigenvalue weighted by molar-refractivity contribution is 5.86. The molecule has 1 aromatic carbocycles. The maximum Gasteiger partial charge on any atom is 0.327 e. The normalized spacial score (nSPS) is 11.1. The molecule has 0 unspecified atom stereocenters. The summed E-state index contributed by atoms with van der Waals surface area (Å²) >= 11 is 0. The second kappa shape index (κ2) is 4.88. The van der Waals surface area contributed by atoms with Crippen LogP contribution in [0, 0.1) is 6.92 Å². The molecule has 0 aliphatic carbocycles. The minimum Gasteiger partial charge on any atom is -0.465 e. The van der Waals surface area contributed by atoms with Gasteiger partial charge in [-0.2, -0.15) is 5.10 Å². The molecule has 0 amide bonds. The average molecular weight is 270 g/mol. The van der Waals surface area contributed by atoms with Gasteiger partial charge in [0.1, 0.15) is 12.1 Å². The highest BCUT2D eigenvalue weighted by Crippen LogP contribution is 2.18. The van der Waals surface area contributed by atoms with Crippen molar-refractivity contribution >= 4 is 28.2 Å². The minimum absolute atomic E-state index is 0.0468. The van der Waals surface area contributed by atoms with Crippen molar-refractivity contribution in [1.82, 2.24) is 19.7 Å². The van der Waals surface area contributed by atoms with Crippen molar-refractivity contribution in [3.05, 3.63) is 30.0 Å². The van der Waals surface area contributed by atoms with Crippen LogP contribution in [-0.4, -0.2) is 32.3 Å². The third-order valence-corrected chi connectivity index (χ3v) is 2.99. The second-order valence-electron chi connectivity index (χ2n) is 4.43. The van der Waals surface area contributed by atoms with E-state index in [-0.39, 0.29) is 12.5 Å². The van der Waals surface area contributed by atoms with Crippen LogP contribution in [0.2, 0.25) is 0 Å². The van der Waals surface area contributed by atoms with Crippen molar-refractivity contribution in [1.29, 1.82) is 0 Å². The second-order valence-corrected chi connectivity index (χ2v) is 4.43. The van der Waals surface area contributed by atoms with E-state index in [1.54, 1.807) is 11.6 Å². The molecule has 2 heterocycles. The lowest BCUT2D eigenvalue weighted by atomic mass is 10.3. The van der Waals surface area contributed by atoms with E-state index < -0.39 is 0 Å². The molecule has 6 heteroatoms. The minimum atomic E-state index is -0.327. The number of ether oxygens (including phenoxy) is 1. The Morgan fingerprint density at radius 3 is 2.65 bits per heavy atom. The molecule has 6 nitrogen and oxygen atoms in total. The van der Waals surface area contributed by atoms with Gasteiger partial charge in [-0.05, 0) is 26.0 Å². The van der Waals surface area contributed by atoms with Crippen LogP contribution in [0.1, 0.15) is 12.6 Å². The number of fused-ring (bicyclic) bond motifs is 2. The number of carbonyl (C=O) groups is 1. The Morgan fingerprint density at radius 2 is 1.95 bits per heavy atom. The average Bonchev–Trinajstić information content (AvgIpc) is 2.73. The van der Waals surface area contributed by atoms with E-state index >= 15 is 0 Å². The fraction of sp³-hybridized carbons (Fsp3) is 0.286. The largest absolute Gasteiger partial charge is 0.465 e. The van der Waals surface area contributed by atoms with Crippen LogP contribution in [0.15, 0.2) is 24.3 Å². The van der Waals surface area contributed by atoms with Crippen LogP contribution in [0.3, 0.4) is 0 Å². The zero-order valence-corrected chi connectivity index (χ0v) is 11.3. The Kier molecular flexibility index (Phi) is 3.06. The number of hydrogen-bond donors (Lipinski definition) is 0. The standard InChI is InChI=1S/C14H14N4O2/c1-3-20-12(19)8-18-14-13(9(2)17-18)15-10-6-4-5-7-11(10)16-14/h4-7H,3,8H2,1-2H3. The molecule has 0 bridgehead atoms. The van der Waals surface area contributed by atoms with Gasteiger partial charge in [-0.15, -0.1) is 0 Å². The molecule has 0 N–H and O–H groups in total. The maximum atomic E-state index is 11.6. The first kappa shape index (κ1) is 12.5. The van der Waals surface area contributed by atoms with E-state index in [0.717, 1.165) is 16.7 Å². The quantitative estimate of drug-likeness (QED) is 0.679. The number of hydrogen-bond acceptors (Lipinski definition) is 5. The topological polar surface area (TPSA) is 69.9 Å². The summed E-state index contributed by atoms with van der Waals surface area (Å²) in [5, 5.41) is 4.33. The lowest BCUT2D eigenvalue weighted by Gasteiger charge is -2.03. The molecular formula is C14H14N4O2. The van der Waals surface area contributed by atoms with E-state index in [1.807, 2.05) is 31.2 Å². The van der Waals surface area contributed by atoms with E-state index in [1.165, 1.54) is 0 Å². The molecule has 0 saturated heterocycles. The highest BCUT2D eigenvalue weighted by Gasteiger charge is 2.14. The summed E-state index contributed by atoms with van der Waals surface area (Å²) in [7, 11) is 0. The molecule has 3 aromatic rings. The van der Waals surface area contributed by atoms with E-state index in [4.69, 9.17) is 4.74 Å². The first-order chi connectivity index (χ1) is 9.69.